The second-order valence-electron chi connectivity index (χ2n) is 11.1. The van der Waals surface area contributed by atoms with Crippen LogP contribution in [0.5, 0.6) is 0 Å². The van der Waals surface area contributed by atoms with Crippen molar-refractivity contribution < 1.29 is 19.1 Å². The summed E-state index contributed by atoms with van der Waals surface area (Å²) >= 11 is 5.99. The van der Waals surface area contributed by atoms with Gasteiger partial charge in [-0.1, -0.05) is 11.6 Å². The molecule has 1 aromatic carbocycles. The topological polar surface area (TPSA) is 77.4 Å². The Morgan fingerprint density at radius 2 is 1.63 bits per heavy atom. The Kier molecular flexibility index (Phi) is 6.51. The molecule has 2 aromatic rings. The number of Topliss-reactive ketones (excluding diaryl/α,β-unsaturated/α-hetero) is 1. The predicted octanol–water partition coefficient (Wildman–Crippen LogP) is 5.20. The van der Waals surface area contributed by atoms with Gasteiger partial charge in [0, 0.05) is 34.1 Å². The Hall–Kier alpha value is -2.60. The van der Waals surface area contributed by atoms with Crippen LogP contribution in [0.1, 0.15) is 66.7 Å². The van der Waals surface area contributed by atoms with Gasteiger partial charge >= 0.3 is 5.97 Å². The SMILES string of the molecule is Cc1cc(C(=O)COC(=O)CNC(=O)CC23CC4CC(CC(C4)C2)C3)c(C)n1-c1ccc(Cl)cc1. The molecule has 4 saturated carbocycles. The number of benzene rings is 1. The lowest BCUT2D eigenvalue weighted by Crippen LogP contribution is -2.48. The van der Waals surface area contributed by atoms with Crippen molar-refractivity contribution in [1.29, 1.82) is 0 Å². The average Bonchev–Trinajstić information content (AvgIpc) is 3.09. The molecule has 1 amide bonds. The molecule has 0 saturated heterocycles. The highest BCUT2D eigenvalue weighted by Gasteiger charge is 2.51. The number of aryl methyl sites for hydroxylation is 1. The van der Waals surface area contributed by atoms with Crippen LogP contribution in [0.25, 0.3) is 5.69 Å². The molecule has 1 N–H and O–H groups in total. The third-order valence-corrected chi connectivity index (χ3v) is 8.56. The molecule has 0 unspecified atom stereocenters. The first kappa shape index (κ1) is 24.1. The molecule has 0 atom stereocenters. The molecule has 1 aromatic heterocycles. The molecule has 6 nitrogen and oxygen atoms in total. The second kappa shape index (κ2) is 9.45. The van der Waals surface area contributed by atoms with Gasteiger partial charge in [0.1, 0.15) is 6.54 Å². The van der Waals surface area contributed by atoms with Crippen molar-refractivity contribution in [1.82, 2.24) is 9.88 Å². The smallest absolute Gasteiger partial charge is 0.325 e. The Bertz CT molecular complexity index is 1120. The number of amides is 1. The lowest BCUT2D eigenvalue weighted by molar-refractivity contribution is -0.143. The van der Waals surface area contributed by atoms with Crippen molar-refractivity contribution in [3.8, 4) is 5.69 Å². The van der Waals surface area contributed by atoms with Crippen LogP contribution >= 0.6 is 11.6 Å². The first-order valence-corrected chi connectivity index (χ1v) is 13.0. The van der Waals surface area contributed by atoms with Gasteiger partial charge < -0.3 is 14.6 Å². The van der Waals surface area contributed by atoms with Crippen LogP contribution in [0.15, 0.2) is 30.3 Å². The standard InChI is InChI=1S/C28H33ClN2O4/c1-17-7-24(18(2)31(17)23-5-3-22(29)4-6-23)25(32)16-35-27(34)15-30-26(33)14-28-11-19-8-20(12-28)10-21(9-19)13-28/h3-7,19-21H,8-16H2,1-2H3,(H,30,33). The van der Waals surface area contributed by atoms with Crippen molar-refractivity contribution >= 4 is 29.3 Å². The third-order valence-electron chi connectivity index (χ3n) is 8.31. The number of nitrogens with zero attached hydrogens (tertiary/aromatic N) is 1. The van der Waals surface area contributed by atoms with Crippen LogP contribution in [0.2, 0.25) is 5.02 Å². The van der Waals surface area contributed by atoms with E-state index in [2.05, 4.69) is 5.32 Å². The van der Waals surface area contributed by atoms with Crippen molar-refractivity contribution in [2.45, 2.75) is 58.8 Å². The van der Waals surface area contributed by atoms with Crippen molar-refractivity contribution in [3.05, 3.63) is 52.3 Å². The maximum Gasteiger partial charge on any atom is 0.325 e. The largest absolute Gasteiger partial charge is 0.456 e. The zero-order valence-electron chi connectivity index (χ0n) is 20.4. The Labute approximate surface area is 211 Å². The minimum Gasteiger partial charge on any atom is -0.456 e. The molecular weight excluding hydrogens is 464 g/mol. The molecule has 4 bridgehead atoms. The zero-order valence-corrected chi connectivity index (χ0v) is 21.2. The van der Waals surface area contributed by atoms with Crippen LogP contribution in [0, 0.1) is 37.0 Å². The van der Waals surface area contributed by atoms with Gasteiger partial charge in [0.2, 0.25) is 11.7 Å². The number of esters is 1. The second-order valence-corrected chi connectivity index (χ2v) is 11.5. The van der Waals surface area contributed by atoms with E-state index in [0.29, 0.717) is 17.0 Å². The quantitative estimate of drug-likeness (QED) is 0.402. The van der Waals surface area contributed by atoms with E-state index in [1.165, 1.54) is 19.3 Å². The van der Waals surface area contributed by atoms with Gasteiger partial charge in [0.05, 0.1) is 0 Å². The molecule has 0 spiro atoms. The average molecular weight is 497 g/mol. The fourth-order valence-electron chi connectivity index (χ4n) is 7.39. The van der Waals surface area contributed by atoms with Crippen molar-refractivity contribution in [3.63, 3.8) is 0 Å². The molecule has 4 aliphatic carbocycles. The number of aromatic nitrogens is 1. The number of ether oxygens (including phenoxy) is 1. The van der Waals surface area contributed by atoms with E-state index in [1.807, 2.05) is 30.5 Å². The Morgan fingerprint density at radius 1 is 1.03 bits per heavy atom. The van der Waals surface area contributed by atoms with Gasteiger partial charge in [-0.3, -0.25) is 14.4 Å². The first-order valence-electron chi connectivity index (χ1n) is 12.6. The van der Waals surface area contributed by atoms with E-state index < -0.39 is 5.97 Å². The highest BCUT2D eigenvalue weighted by atomic mass is 35.5. The maximum absolute atomic E-state index is 12.8. The number of nitrogens with one attached hydrogen (secondary N) is 1. The number of carbonyl (C=O) groups is 3. The van der Waals surface area contributed by atoms with Crippen LogP contribution in [0.3, 0.4) is 0 Å². The number of rotatable bonds is 8. The minimum atomic E-state index is -0.594. The highest BCUT2D eigenvalue weighted by molar-refractivity contribution is 6.30. The van der Waals surface area contributed by atoms with Crippen LogP contribution in [0.4, 0.5) is 0 Å². The van der Waals surface area contributed by atoms with E-state index in [0.717, 1.165) is 54.1 Å². The lowest BCUT2D eigenvalue weighted by Gasteiger charge is -2.56. The Morgan fingerprint density at radius 3 is 2.23 bits per heavy atom. The summed E-state index contributed by atoms with van der Waals surface area (Å²) in [5.41, 5.74) is 3.22. The van der Waals surface area contributed by atoms with E-state index in [4.69, 9.17) is 16.3 Å². The summed E-state index contributed by atoms with van der Waals surface area (Å²) in [4.78, 5) is 37.7. The molecule has 0 aliphatic heterocycles. The third kappa shape index (κ3) is 5.04. The highest BCUT2D eigenvalue weighted by Crippen LogP contribution is 2.61. The fraction of sp³-hybridized carbons (Fsp3) is 0.536. The molecule has 0 radical (unpaired) electrons. The van der Waals surface area contributed by atoms with E-state index >= 15 is 0 Å². The molecule has 7 heteroatoms. The fourth-order valence-corrected chi connectivity index (χ4v) is 7.51. The minimum absolute atomic E-state index is 0.0817. The number of hydrogen-bond donors (Lipinski definition) is 1. The van der Waals surface area contributed by atoms with Crippen molar-refractivity contribution in [2.75, 3.05) is 13.2 Å². The van der Waals surface area contributed by atoms with Gasteiger partial charge in [-0.25, -0.2) is 0 Å². The molecule has 4 aliphatic rings. The number of carbonyl (C=O) groups excluding carboxylic acids is 3. The molecule has 4 fully saturated rings. The first-order chi connectivity index (χ1) is 16.7. The van der Waals surface area contributed by atoms with Crippen LogP contribution in [-0.2, 0) is 14.3 Å². The number of hydrogen-bond acceptors (Lipinski definition) is 4. The molecule has 186 valence electrons. The summed E-state index contributed by atoms with van der Waals surface area (Å²) in [6.45, 7) is 3.22. The van der Waals surface area contributed by atoms with Gasteiger partial charge in [0.15, 0.2) is 6.61 Å². The summed E-state index contributed by atoms with van der Waals surface area (Å²) in [6.07, 6.45) is 7.97. The zero-order chi connectivity index (χ0) is 24.7. The van der Waals surface area contributed by atoms with Crippen LogP contribution < -0.4 is 5.32 Å². The number of ketones is 1. The molecular formula is C28H33ClN2O4. The normalized spacial score (nSPS) is 26.5. The van der Waals surface area contributed by atoms with E-state index in [-0.39, 0.29) is 30.3 Å². The van der Waals surface area contributed by atoms with Gasteiger partial charge in [-0.2, -0.15) is 0 Å². The summed E-state index contributed by atoms with van der Waals surface area (Å²) in [5.74, 6) is 1.40. The summed E-state index contributed by atoms with van der Waals surface area (Å²) in [5, 5.41) is 3.37. The molecule has 35 heavy (non-hydrogen) atoms. The predicted molar refractivity (Wildman–Crippen MR) is 134 cm³/mol. The van der Waals surface area contributed by atoms with E-state index in [9.17, 15) is 14.4 Å². The summed E-state index contributed by atoms with van der Waals surface area (Å²) < 4.78 is 7.17. The maximum atomic E-state index is 12.8. The van der Waals surface area contributed by atoms with Gasteiger partial charge in [-0.15, -0.1) is 0 Å². The van der Waals surface area contributed by atoms with Crippen molar-refractivity contribution in [2.24, 2.45) is 23.2 Å². The number of halogens is 1. The van der Waals surface area contributed by atoms with Gasteiger partial charge in [0.25, 0.3) is 0 Å². The van der Waals surface area contributed by atoms with Gasteiger partial charge in [-0.05, 0) is 106 Å². The summed E-state index contributed by atoms with van der Waals surface area (Å²) in [7, 11) is 0. The van der Waals surface area contributed by atoms with E-state index in [1.54, 1.807) is 18.2 Å². The molecule has 6 rings (SSSR count). The Balaban J connectivity index is 1.11. The summed E-state index contributed by atoms with van der Waals surface area (Å²) in [6, 6.07) is 9.19. The lowest BCUT2D eigenvalue weighted by atomic mass is 9.49. The molecule has 1 heterocycles. The monoisotopic (exact) mass is 496 g/mol. The van der Waals surface area contributed by atoms with Crippen LogP contribution in [-0.4, -0.2) is 35.4 Å².